The number of nitrogens with zero attached hydrogens (tertiary/aromatic N) is 1. The highest BCUT2D eigenvalue weighted by atomic mass is 35.5. The van der Waals surface area contributed by atoms with Gasteiger partial charge >= 0.3 is 6.03 Å². The monoisotopic (exact) mass is 444 g/mol. The lowest BCUT2D eigenvalue weighted by Gasteiger charge is -2.28. The van der Waals surface area contributed by atoms with Crippen molar-refractivity contribution in [3.05, 3.63) is 69.3 Å². The van der Waals surface area contributed by atoms with Crippen LogP contribution in [0.15, 0.2) is 48.2 Å². The average Bonchev–Trinajstić information content (AvgIpc) is 3.02. The van der Waals surface area contributed by atoms with Gasteiger partial charge in [0.15, 0.2) is 0 Å². The molecule has 1 aliphatic heterocycles. The van der Waals surface area contributed by atoms with E-state index in [1.807, 2.05) is 30.3 Å². The smallest absolute Gasteiger partial charge is 0.329 e. The van der Waals surface area contributed by atoms with Crippen molar-refractivity contribution in [2.24, 2.45) is 0 Å². The van der Waals surface area contributed by atoms with Gasteiger partial charge in [-0.3, -0.25) is 9.69 Å². The van der Waals surface area contributed by atoms with E-state index in [1.165, 1.54) is 11.3 Å². The summed E-state index contributed by atoms with van der Waals surface area (Å²) in [4.78, 5) is 26.4. The molecule has 1 saturated carbocycles. The molecule has 2 aromatic rings. The normalized spacial score (nSPS) is 18.7. The van der Waals surface area contributed by atoms with Gasteiger partial charge in [-0.1, -0.05) is 60.7 Å². The Labute approximate surface area is 185 Å². The van der Waals surface area contributed by atoms with Gasteiger partial charge in [0, 0.05) is 21.7 Å². The van der Waals surface area contributed by atoms with Gasteiger partial charge in [-0.2, -0.15) is 0 Å². The Balaban J connectivity index is 1.40. The predicted octanol–water partition coefficient (Wildman–Crippen LogP) is 5.80. The van der Waals surface area contributed by atoms with E-state index >= 15 is 0 Å². The maximum Gasteiger partial charge on any atom is 0.329 e. The van der Waals surface area contributed by atoms with Crippen LogP contribution in [0.5, 0.6) is 5.75 Å². The van der Waals surface area contributed by atoms with Crippen molar-refractivity contribution in [3.8, 4) is 5.75 Å². The number of hydrogen-bond donors (Lipinski definition) is 1. The minimum atomic E-state index is -0.321. The summed E-state index contributed by atoms with van der Waals surface area (Å²) in [5.41, 5.74) is 1.96. The number of benzene rings is 2. The van der Waals surface area contributed by atoms with Crippen LogP contribution in [0.4, 0.5) is 4.79 Å². The Kier molecular flexibility index (Phi) is 6.30. The SMILES string of the molecule is O=C1N/C(=C\c2ccc(OCc3ccc(Cl)cc3Cl)cc2)C(=O)N1C1CCCCC1. The topological polar surface area (TPSA) is 58.6 Å². The standard InChI is InChI=1S/C23H22Cl2N2O3/c24-17-9-8-16(20(25)13-17)14-30-19-10-6-15(7-11-19)12-21-22(28)27(23(29)26-21)18-4-2-1-3-5-18/h6-13,18H,1-5,14H2,(H,26,29)/b21-12-. The van der Waals surface area contributed by atoms with Crippen LogP contribution < -0.4 is 10.1 Å². The zero-order valence-electron chi connectivity index (χ0n) is 16.4. The highest BCUT2D eigenvalue weighted by Gasteiger charge is 2.38. The van der Waals surface area contributed by atoms with Crippen LogP contribution in [0.2, 0.25) is 10.0 Å². The summed E-state index contributed by atoms with van der Waals surface area (Å²) in [7, 11) is 0. The van der Waals surface area contributed by atoms with E-state index in [0.29, 0.717) is 28.1 Å². The van der Waals surface area contributed by atoms with Crippen LogP contribution in [-0.2, 0) is 11.4 Å². The van der Waals surface area contributed by atoms with E-state index in [0.717, 1.165) is 36.8 Å². The lowest BCUT2D eigenvalue weighted by atomic mass is 9.94. The van der Waals surface area contributed by atoms with Crippen LogP contribution in [0.3, 0.4) is 0 Å². The van der Waals surface area contributed by atoms with Crippen molar-refractivity contribution in [1.82, 2.24) is 10.2 Å². The lowest BCUT2D eigenvalue weighted by Crippen LogP contribution is -2.41. The molecule has 30 heavy (non-hydrogen) atoms. The molecule has 156 valence electrons. The van der Waals surface area contributed by atoms with Crippen LogP contribution in [0, 0.1) is 0 Å². The second-order valence-electron chi connectivity index (χ2n) is 7.55. The second-order valence-corrected chi connectivity index (χ2v) is 8.39. The zero-order valence-corrected chi connectivity index (χ0v) is 17.9. The first-order chi connectivity index (χ1) is 14.5. The molecule has 1 saturated heterocycles. The molecular weight excluding hydrogens is 423 g/mol. The number of imide groups is 1. The van der Waals surface area contributed by atoms with Gasteiger partial charge in [-0.15, -0.1) is 0 Å². The van der Waals surface area contributed by atoms with Crippen molar-refractivity contribution in [2.75, 3.05) is 0 Å². The summed E-state index contributed by atoms with van der Waals surface area (Å²) in [5, 5.41) is 3.85. The number of carbonyl (C=O) groups excluding carboxylic acids is 2. The van der Waals surface area contributed by atoms with Gasteiger partial charge < -0.3 is 10.1 Å². The third-order valence-corrected chi connectivity index (χ3v) is 6.04. The van der Waals surface area contributed by atoms with Gasteiger partial charge in [-0.05, 0) is 48.7 Å². The largest absolute Gasteiger partial charge is 0.489 e. The Morgan fingerprint density at radius 1 is 1.03 bits per heavy atom. The number of hydrogen-bond acceptors (Lipinski definition) is 3. The van der Waals surface area contributed by atoms with E-state index in [4.69, 9.17) is 27.9 Å². The van der Waals surface area contributed by atoms with E-state index in [2.05, 4.69) is 5.32 Å². The molecule has 2 aromatic carbocycles. The van der Waals surface area contributed by atoms with Crippen LogP contribution in [0.25, 0.3) is 6.08 Å². The molecule has 2 fully saturated rings. The molecule has 0 spiro atoms. The Hall–Kier alpha value is -2.50. The van der Waals surface area contributed by atoms with Crippen molar-refractivity contribution >= 4 is 41.2 Å². The highest BCUT2D eigenvalue weighted by Crippen LogP contribution is 2.27. The summed E-state index contributed by atoms with van der Waals surface area (Å²) in [5.74, 6) is 0.429. The number of halogens is 2. The first-order valence-electron chi connectivity index (χ1n) is 10.0. The summed E-state index contributed by atoms with van der Waals surface area (Å²) >= 11 is 12.1. The molecule has 0 aromatic heterocycles. The summed E-state index contributed by atoms with van der Waals surface area (Å²) in [6.45, 7) is 0.321. The number of carbonyl (C=O) groups is 2. The maximum absolute atomic E-state index is 12.7. The van der Waals surface area contributed by atoms with E-state index < -0.39 is 0 Å². The van der Waals surface area contributed by atoms with Crippen molar-refractivity contribution in [3.63, 3.8) is 0 Å². The second kappa shape index (κ2) is 9.11. The van der Waals surface area contributed by atoms with Crippen molar-refractivity contribution in [2.45, 2.75) is 44.8 Å². The Bertz CT molecular complexity index is 982. The van der Waals surface area contributed by atoms with Crippen molar-refractivity contribution < 1.29 is 14.3 Å². The molecule has 1 N–H and O–H groups in total. The first-order valence-corrected chi connectivity index (χ1v) is 10.8. The summed E-state index contributed by atoms with van der Waals surface area (Å²) in [6.07, 6.45) is 6.75. The molecule has 2 aliphatic rings. The lowest BCUT2D eigenvalue weighted by molar-refractivity contribution is -0.124. The van der Waals surface area contributed by atoms with Crippen LogP contribution in [0.1, 0.15) is 43.2 Å². The van der Waals surface area contributed by atoms with E-state index in [-0.39, 0.29) is 18.0 Å². The number of urea groups is 1. The molecule has 0 unspecified atom stereocenters. The van der Waals surface area contributed by atoms with Gasteiger partial charge in [-0.25, -0.2) is 4.79 Å². The molecule has 0 bridgehead atoms. The minimum absolute atomic E-state index is 0.00705. The fourth-order valence-electron chi connectivity index (χ4n) is 3.85. The number of ether oxygens (including phenoxy) is 1. The average molecular weight is 445 g/mol. The Morgan fingerprint density at radius 3 is 2.47 bits per heavy atom. The number of rotatable bonds is 5. The molecule has 0 radical (unpaired) electrons. The third kappa shape index (κ3) is 4.63. The minimum Gasteiger partial charge on any atom is -0.489 e. The molecule has 0 atom stereocenters. The molecule has 1 aliphatic carbocycles. The van der Waals surface area contributed by atoms with Gasteiger partial charge in [0.05, 0.1) is 0 Å². The quantitative estimate of drug-likeness (QED) is 0.468. The fraction of sp³-hybridized carbons (Fsp3) is 0.304. The van der Waals surface area contributed by atoms with Gasteiger partial charge in [0.25, 0.3) is 5.91 Å². The summed E-state index contributed by atoms with van der Waals surface area (Å²) < 4.78 is 5.78. The maximum atomic E-state index is 12.7. The van der Waals surface area contributed by atoms with E-state index in [9.17, 15) is 9.59 Å². The highest BCUT2D eigenvalue weighted by molar-refractivity contribution is 6.35. The Morgan fingerprint density at radius 2 is 1.77 bits per heavy atom. The molecule has 3 amide bonds. The van der Waals surface area contributed by atoms with Crippen LogP contribution >= 0.6 is 23.2 Å². The van der Waals surface area contributed by atoms with E-state index in [1.54, 1.807) is 18.2 Å². The first kappa shape index (κ1) is 20.8. The van der Waals surface area contributed by atoms with Gasteiger partial charge in [0.1, 0.15) is 18.1 Å². The molecular formula is C23H22Cl2N2O3. The number of amides is 3. The molecule has 1 heterocycles. The van der Waals surface area contributed by atoms with Gasteiger partial charge in [0.2, 0.25) is 0 Å². The molecule has 4 rings (SSSR count). The predicted molar refractivity (Wildman–Crippen MR) is 117 cm³/mol. The fourth-order valence-corrected chi connectivity index (χ4v) is 4.31. The van der Waals surface area contributed by atoms with Crippen LogP contribution in [-0.4, -0.2) is 22.9 Å². The molecule has 5 nitrogen and oxygen atoms in total. The molecule has 7 heteroatoms. The number of nitrogens with one attached hydrogen (secondary N) is 1. The zero-order chi connectivity index (χ0) is 21.1. The third-order valence-electron chi connectivity index (χ3n) is 5.45. The summed E-state index contributed by atoms with van der Waals surface area (Å²) in [6, 6.07) is 12.3. The van der Waals surface area contributed by atoms with Crippen molar-refractivity contribution in [1.29, 1.82) is 0 Å².